The summed E-state index contributed by atoms with van der Waals surface area (Å²) in [4.78, 5) is 0. The second-order valence-electron chi connectivity index (χ2n) is 7.78. The molecule has 0 aliphatic carbocycles. The van der Waals surface area contributed by atoms with Crippen LogP contribution < -0.4 is 0 Å². The first kappa shape index (κ1) is 19.9. The van der Waals surface area contributed by atoms with Crippen molar-refractivity contribution in [2.24, 2.45) is 11.8 Å². The molecule has 2 rings (SSSR count). The number of hydrogen-bond acceptors (Lipinski definition) is 3. The maximum atomic E-state index is 10.2. The van der Waals surface area contributed by atoms with Crippen molar-refractivity contribution in [3.05, 3.63) is 12.2 Å². The molecule has 0 amide bonds. The van der Waals surface area contributed by atoms with Crippen LogP contribution in [0.25, 0.3) is 0 Å². The van der Waals surface area contributed by atoms with Crippen LogP contribution in [-0.4, -0.2) is 35.1 Å². The van der Waals surface area contributed by atoms with Gasteiger partial charge in [0.25, 0.3) is 0 Å². The lowest BCUT2D eigenvalue weighted by molar-refractivity contribution is 0.0825. The summed E-state index contributed by atoms with van der Waals surface area (Å²) < 4.78 is 6.20. The lowest BCUT2D eigenvalue weighted by atomic mass is 9.74. The van der Waals surface area contributed by atoms with Gasteiger partial charge in [0.15, 0.2) is 0 Å². The van der Waals surface area contributed by atoms with Crippen LogP contribution in [0.3, 0.4) is 0 Å². The minimum atomic E-state index is -0.111. The second kappa shape index (κ2) is 11.3. The molecule has 2 heterocycles. The van der Waals surface area contributed by atoms with E-state index in [1.165, 1.54) is 44.9 Å². The molecule has 0 aromatic rings. The van der Waals surface area contributed by atoms with Gasteiger partial charge in [0.05, 0.1) is 24.9 Å². The fraction of sp³-hybridized carbons (Fsp3) is 0.905. The van der Waals surface area contributed by atoms with Crippen LogP contribution in [0.2, 0.25) is 0 Å². The van der Waals surface area contributed by atoms with Gasteiger partial charge in [-0.1, -0.05) is 44.8 Å². The second-order valence-corrected chi connectivity index (χ2v) is 7.78. The minimum Gasteiger partial charge on any atom is -0.393 e. The summed E-state index contributed by atoms with van der Waals surface area (Å²) in [6.45, 7) is 2.37. The number of rotatable bonds is 13. The molecule has 3 nitrogen and oxygen atoms in total. The van der Waals surface area contributed by atoms with Gasteiger partial charge in [-0.05, 0) is 63.2 Å². The first-order valence-corrected chi connectivity index (χ1v) is 10.4. The average molecular weight is 339 g/mol. The number of aliphatic hydroxyl groups excluding tert-OH is 2. The molecule has 2 N–H and O–H groups in total. The third-order valence-corrected chi connectivity index (χ3v) is 5.99. The maximum Gasteiger partial charge on any atom is 0.0612 e. The van der Waals surface area contributed by atoms with Crippen molar-refractivity contribution in [1.29, 1.82) is 0 Å². The van der Waals surface area contributed by atoms with E-state index in [2.05, 4.69) is 13.0 Å². The van der Waals surface area contributed by atoms with Gasteiger partial charge in [-0.25, -0.2) is 0 Å². The highest BCUT2D eigenvalue weighted by Gasteiger charge is 2.47. The van der Waals surface area contributed by atoms with Crippen molar-refractivity contribution in [3.8, 4) is 0 Å². The summed E-state index contributed by atoms with van der Waals surface area (Å²) in [5, 5.41) is 19.0. The van der Waals surface area contributed by atoms with Gasteiger partial charge in [0.2, 0.25) is 0 Å². The maximum absolute atomic E-state index is 10.2. The molecule has 5 unspecified atom stereocenters. The lowest BCUT2D eigenvalue weighted by Gasteiger charge is -2.28. The average Bonchev–Trinajstić information content (AvgIpc) is 3.18. The van der Waals surface area contributed by atoms with E-state index < -0.39 is 0 Å². The van der Waals surface area contributed by atoms with Crippen molar-refractivity contribution in [2.45, 2.75) is 102 Å². The van der Waals surface area contributed by atoms with E-state index >= 15 is 0 Å². The highest BCUT2D eigenvalue weighted by molar-refractivity contribution is 4.96. The van der Waals surface area contributed by atoms with Gasteiger partial charge in [-0.3, -0.25) is 0 Å². The molecule has 2 bridgehead atoms. The Kier molecular flexibility index (Phi) is 9.37. The lowest BCUT2D eigenvalue weighted by Crippen LogP contribution is -2.28. The van der Waals surface area contributed by atoms with Crippen LogP contribution in [0.1, 0.15) is 84.0 Å². The smallest absolute Gasteiger partial charge is 0.0612 e. The van der Waals surface area contributed by atoms with Gasteiger partial charge >= 0.3 is 0 Å². The Morgan fingerprint density at radius 2 is 1.71 bits per heavy atom. The molecular formula is C21H38O3. The number of fused-ring (bicyclic) bond motifs is 2. The molecular weight excluding hydrogens is 300 g/mol. The van der Waals surface area contributed by atoms with E-state index in [-0.39, 0.29) is 12.7 Å². The van der Waals surface area contributed by atoms with Crippen LogP contribution in [-0.2, 0) is 4.74 Å². The van der Waals surface area contributed by atoms with Gasteiger partial charge in [-0.15, -0.1) is 0 Å². The Labute approximate surface area is 148 Å². The van der Waals surface area contributed by atoms with E-state index in [4.69, 9.17) is 9.84 Å². The molecule has 0 saturated carbocycles. The first-order chi connectivity index (χ1) is 11.8. The topological polar surface area (TPSA) is 49.7 Å². The highest BCUT2D eigenvalue weighted by Crippen LogP contribution is 2.47. The van der Waals surface area contributed by atoms with E-state index in [1.807, 2.05) is 6.08 Å². The molecule has 0 aromatic carbocycles. The number of hydrogen-bond donors (Lipinski definition) is 2. The Bertz CT molecular complexity index is 355. The summed E-state index contributed by atoms with van der Waals surface area (Å²) in [7, 11) is 0. The molecule has 2 fully saturated rings. The quantitative estimate of drug-likeness (QED) is 0.381. The summed E-state index contributed by atoms with van der Waals surface area (Å²) in [5.41, 5.74) is 0. The van der Waals surface area contributed by atoms with Crippen molar-refractivity contribution >= 4 is 0 Å². The van der Waals surface area contributed by atoms with E-state index in [0.717, 1.165) is 32.1 Å². The predicted octanol–water partition coefficient (Wildman–Crippen LogP) is 4.61. The molecule has 3 heteroatoms. The molecule has 2 aliphatic heterocycles. The van der Waals surface area contributed by atoms with Crippen LogP contribution in [0.4, 0.5) is 0 Å². The van der Waals surface area contributed by atoms with E-state index in [0.29, 0.717) is 24.0 Å². The summed E-state index contributed by atoms with van der Waals surface area (Å²) in [5.74, 6) is 1.39. The Morgan fingerprint density at radius 3 is 2.42 bits per heavy atom. The van der Waals surface area contributed by atoms with E-state index in [1.54, 1.807) is 0 Å². The number of ether oxygens (including phenoxy) is 1. The zero-order valence-corrected chi connectivity index (χ0v) is 15.5. The highest BCUT2D eigenvalue weighted by atomic mass is 16.5. The minimum absolute atomic E-state index is 0.111. The van der Waals surface area contributed by atoms with Gasteiger partial charge in [-0.2, -0.15) is 0 Å². The van der Waals surface area contributed by atoms with Gasteiger partial charge in [0.1, 0.15) is 0 Å². The fourth-order valence-electron chi connectivity index (χ4n) is 4.66. The number of unbranched alkanes of at least 4 members (excludes halogenated alkanes) is 4. The first-order valence-electron chi connectivity index (χ1n) is 10.4. The fourth-order valence-corrected chi connectivity index (χ4v) is 4.66. The summed E-state index contributed by atoms with van der Waals surface area (Å²) in [6, 6.07) is 0. The van der Waals surface area contributed by atoms with Crippen LogP contribution in [0.15, 0.2) is 12.2 Å². The van der Waals surface area contributed by atoms with Crippen LogP contribution >= 0.6 is 0 Å². The van der Waals surface area contributed by atoms with Gasteiger partial charge < -0.3 is 14.9 Å². The van der Waals surface area contributed by atoms with Crippen LogP contribution in [0, 0.1) is 11.8 Å². The molecule has 0 spiro atoms. The van der Waals surface area contributed by atoms with Crippen molar-refractivity contribution in [1.82, 2.24) is 0 Å². The molecule has 2 aliphatic rings. The predicted molar refractivity (Wildman–Crippen MR) is 99.0 cm³/mol. The third kappa shape index (κ3) is 6.16. The zero-order valence-electron chi connectivity index (χ0n) is 15.5. The number of aliphatic hydroxyl groups is 2. The zero-order chi connectivity index (χ0) is 17.2. The largest absolute Gasteiger partial charge is 0.393 e. The Balaban J connectivity index is 1.68. The Hall–Kier alpha value is -0.380. The molecule has 2 saturated heterocycles. The standard InChI is InChI=1S/C21H38O3/c1-2-3-7-10-17(23)12-13-19-18(20-14-15-21(19)24-20)11-8-5-4-6-9-16-22/h6,9,17-23H,2-5,7-8,10-16H2,1H3. The molecule has 24 heavy (non-hydrogen) atoms. The van der Waals surface area contributed by atoms with Crippen molar-refractivity contribution in [2.75, 3.05) is 6.61 Å². The summed E-state index contributed by atoms with van der Waals surface area (Å²) in [6.07, 6.45) is 18.7. The number of allylic oxidation sites excluding steroid dienone is 1. The monoisotopic (exact) mass is 338 g/mol. The third-order valence-electron chi connectivity index (χ3n) is 5.99. The normalized spacial score (nSPS) is 30.5. The molecule has 5 atom stereocenters. The molecule has 0 radical (unpaired) electrons. The molecule has 140 valence electrons. The van der Waals surface area contributed by atoms with E-state index in [9.17, 15) is 5.11 Å². The van der Waals surface area contributed by atoms with Gasteiger partial charge in [0, 0.05) is 0 Å². The SMILES string of the molecule is CCCCCC(O)CCC1C2CCC(O2)C1CCCCC=CCO. The Morgan fingerprint density at radius 1 is 0.958 bits per heavy atom. The van der Waals surface area contributed by atoms with Crippen LogP contribution in [0.5, 0.6) is 0 Å². The molecule has 0 aromatic heterocycles. The van der Waals surface area contributed by atoms with Crippen molar-refractivity contribution < 1.29 is 14.9 Å². The van der Waals surface area contributed by atoms with Crippen molar-refractivity contribution in [3.63, 3.8) is 0 Å². The summed E-state index contributed by atoms with van der Waals surface area (Å²) >= 11 is 0.